The average molecular weight is 383 g/mol. The van der Waals surface area contributed by atoms with Gasteiger partial charge in [-0.1, -0.05) is 45.2 Å². The van der Waals surface area contributed by atoms with Crippen molar-refractivity contribution >= 4 is 11.9 Å². The first-order valence-electron chi connectivity index (χ1n) is 10.2. The van der Waals surface area contributed by atoms with Gasteiger partial charge in [0.15, 0.2) is 0 Å². The van der Waals surface area contributed by atoms with Gasteiger partial charge in [-0.05, 0) is 68.1 Å². The van der Waals surface area contributed by atoms with Gasteiger partial charge in [-0.25, -0.2) is 9.59 Å². The summed E-state index contributed by atoms with van der Waals surface area (Å²) >= 11 is 0. The maximum absolute atomic E-state index is 12.2. The van der Waals surface area contributed by atoms with E-state index in [4.69, 9.17) is 9.47 Å². The van der Waals surface area contributed by atoms with Crippen molar-refractivity contribution in [2.45, 2.75) is 65.4 Å². The highest BCUT2D eigenvalue weighted by Gasteiger charge is 2.13. The van der Waals surface area contributed by atoms with Crippen molar-refractivity contribution in [2.75, 3.05) is 0 Å². The molecule has 28 heavy (non-hydrogen) atoms. The number of carbonyl (C=O) groups is 2. The quantitative estimate of drug-likeness (QED) is 0.288. The number of aryl methyl sites for hydroxylation is 1. The highest BCUT2D eigenvalue weighted by molar-refractivity contribution is 5.92. The van der Waals surface area contributed by atoms with Crippen molar-refractivity contribution in [1.82, 2.24) is 0 Å². The minimum Gasteiger partial charge on any atom is -0.459 e. The van der Waals surface area contributed by atoms with E-state index in [0.717, 1.165) is 19.3 Å². The summed E-state index contributed by atoms with van der Waals surface area (Å²) in [6.45, 7) is 6.16. The lowest BCUT2D eigenvalue weighted by Gasteiger charge is -2.13. The van der Waals surface area contributed by atoms with Crippen LogP contribution < -0.4 is 4.74 Å². The summed E-state index contributed by atoms with van der Waals surface area (Å²) in [6.07, 6.45) is 6.32. The highest BCUT2D eigenvalue weighted by atomic mass is 16.5. The van der Waals surface area contributed by atoms with E-state index in [-0.39, 0.29) is 12.1 Å². The van der Waals surface area contributed by atoms with Crippen LogP contribution in [0.25, 0.3) is 0 Å². The Bertz CT molecular complexity index is 747. The predicted molar refractivity (Wildman–Crippen MR) is 111 cm³/mol. The number of rotatable bonds is 10. The Hall–Kier alpha value is -2.62. The molecule has 0 spiro atoms. The van der Waals surface area contributed by atoms with Crippen LogP contribution >= 0.6 is 0 Å². The fraction of sp³-hybridized carbons (Fsp3) is 0.417. The van der Waals surface area contributed by atoms with Gasteiger partial charge >= 0.3 is 11.9 Å². The number of unbranched alkanes of at least 4 members (excludes halogenated alkanes) is 3. The van der Waals surface area contributed by atoms with Crippen LogP contribution in [-0.2, 0) is 11.2 Å². The van der Waals surface area contributed by atoms with Crippen LogP contribution in [0.2, 0.25) is 0 Å². The highest BCUT2D eigenvalue weighted by Crippen LogP contribution is 2.17. The molecule has 150 valence electrons. The second-order valence-electron chi connectivity index (χ2n) is 7.03. The average Bonchev–Trinajstić information content (AvgIpc) is 2.71. The van der Waals surface area contributed by atoms with Gasteiger partial charge in [0, 0.05) is 0 Å². The van der Waals surface area contributed by atoms with Crippen LogP contribution in [0.5, 0.6) is 5.75 Å². The van der Waals surface area contributed by atoms with Gasteiger partial charge in [0.25, 0.3) is 0 Å². The van der Waals surface area contributed by atoms with Gasteiger partial charge in [0.05, 0.1) is 17.2 Å². The van der Waals surface area contributed by atoms with Crippen molar-refractivity contribution < 1.29 is 19.1 Å². The van der Waals surface area contributed by atoms with E-state index in [2.05, 4.69) is 13.8 Å². The Balaban J connectivity index is 1.86. The number of esters is 2. The van der Waals surface area contributed by atoms with E-state index in [1.54, 1.807) is 36.4 Å². The first-order chi connectivity index (χ1) is 13.5. The molecule has 0 saturated heterocycles. The molecule has 0 bridgehead atoms. The van der Waals surface area contributed by atoms with E-state index >= 15 is 0 Å². The molecule has 0 fully saturated rings. The SMILES string of the molecule is CCCCCCC(C)OC(=O)c1ccc(OC(=O)c2ccc(CC)cc2)cc1. The number of hydrogen-bond donors (Lipinski definition) is 0. The molecule has 0 N–H and O–H groups in total. The third-order valence-corrected chi connectivity index (χ3v) is 4.67. The van der Waals surface area contributed by atoms with E-state index in [1.165, 1.54) is 24.8 Å². The van der Waals surface area contributed by atoms with E-state index < -0.39 is 5.97 Å². The fourth-order valence-electron chi connectivity index (χ4n) is 2.87. The molecule has 0 amide bonds. The van der Waals surface area contributed by atoms with Gasteiger partial charge in [-0.3, -0.25) is 0 Å². The molecule has 1 atom stereocenters. The molecule has 0 aliphatic rings. The smallest absolute Gasteiger partial charge is 0.343 e. The Morgan fingerprint density at radius 2 is 1.43 bits per heavy atom. The van der Waals surface area contributed by atoms with Crippen LogP contribution in [0, 0.1) is 0 Å². The van der Waals surface area contributed by atoms with Crippen LogP contribution in [0.15, 0.2) is 48.5 Å². The normalized spacial score (nSPS) is 11.7. The van der Waals surface area contributed by atoms with Crippen LogP contribution in [0.3, 0.4) is 0 Å². The molecular formula is C24H30O4. The predicted octanol–water partition coefficient (Wildman–Crippen LogP) is 5.98. The minimum atomic E-state index is -0.418. The van der Waals surface area contributed by atoms with Gasteiger partial charge in [-0.2, -0.15) is 0 Å². The molecule has 0 radical (unpaired) electrons. The molecule has 4 nitrogen and oxygen atoms in total. The molecule has 0 aliphatic carbocycles. The molecule has 0 heterocycles. The van der Waals surface area contributed by atoms with Crippen molar-refractivity contribution in [3.05, 3.63) is 65.2 Å². The fourth-order valence-corrected chi connectivity index (χ4v) is 2.87. The van der Waals surface area contributed by atoms with Gasteiger partial charge in [-0.15, -0.1) is 0 Å². The van der Waals surface area contributed by atoms with Crippen LogP contribution in [0.1, 0.15) is 79.2 Å². The lowest BCUT2D eigenvalue weighted by molar-refractivity contribution is 0.0319. The third-order valence-electron chi connectivity index (χ3n) is 4.67. The molecule has 2 rings (SSSR count). The second-order valence-corrected chi connectivity index (χ2v) is 7.03. The summed E-state index contributed by atoms with van der Waals surface area (Å²) in [5.41, 5.74) is 2.11. The van der Waals surface area contributed by atoms with E-state index in [1.807, 2.05) is 19.1 Å². The first-order valence-corrected chi connectivity index (χ1v) is 10.2. The topological polar surface area (TPSA) is 52.6 Å². The molecule has 4 heteroatoms. The maximum Gasteiger partial charge on any atom is 0.343 e. The summed E-state index contributed by atoms with van der Waals surface area (Å²) in [5.74, 6) is -0.372. The Kier molecular flexibility index (Phi) is 8.73. The van der Waals surface area contributed by atoms with Crippen molar-refractivity contribution in [3.8, 4) is 5.75 Å². The molecule has 0 aliphatic heterocycles. The van der Waals surface area contributed by atoms with E-state index in [9.17, 15) is 9.59 Å². The standard InChI is InChI=1S/C24H30O4/c1-4-6-7-8-9-18(3)27-23(25)21-14-16-22(17-15-21)28-24(26)20-12-10-19(5-2)11-13-20/h10-18H,4-9H2,1-3H3. The number of benzene rings is 2. The molecular weight excluding hydrogens is 352 g/mol. The Morgan fingerprint density at radius 3 is 2.04 bits per heavy atom. The zero-order valence-electron chi connectivity index (χ0n) is 17.1. The summed E-state index contributed by atoms with van der Waals surface area (Å²) in [4.78, 5) is 24.4. The lowest BCUT2D eigenvalue weighted by atomic mass is 10.1. The number of ether oxygens (including phenoxy) is 2. The van der Waals surface area contributed by atoms with Crippen LogP contribution in [-0.4, -0.2) is 18.0 Å². The largest absolute Gasteiger partial charge is 0.459 e. The zero-order chi connectivity index (χ0) is 20.4. The lowest BCUT2D eigenvalue weighted by Crippen LogP contribution is -2.15. The Labute approximate surface area is 167 Å². The summed E-state index contributed by atoms with van der Waals surface area (Å²) in [7, 11) is 0. The minimum absolute atomic E-state index is 0.104. The van der Waals surface area contributed by atoms with E-state index in [0.29, 0.717) is 16.9 Å². The van der Waals surface area contributed by atoms with Crippen LogP contribution in [0.4, 0.5) is 0 Å². The Morgan fingerprint density at radius 1 is 0.821 bits per heavy atom. The van der Waals surface area contributed by atoms with Gasteiger partial charge < -0.3 is 9.47 Å². The van der Waals surface area contributed by atoms with Gasteiger partial charge in [0.1, 0.15) is 5.75 Å². The van der Waals surface area contributed by atoms with Gasteiger partial charge in [0.2, 0.25) is 0 Å². The van der Waals surface area contributed by atoms with Crippen molar-refractivity contribution in [2.24, 2.45) is 0 Å². The molecule has 0 saturated carbocycles. The number of carbonyl (C=O) groups excluding carboxylic acids is 2. The van der Waals surface area contributed by atoms with Crippen molar-refractivity contribution in [1.29, 1.82) is 0 Å². The molecule has 0 aromatic heterocycles. The monoisotopic (exact) mass is 382 g/mol. The zero-order valence-corrected chi connectivity index (χ0v) is 17.1. The summed E-state index contributed by atoms with van der Waals surface area (Å²) in [5, 5.41) is 0. The summed E-state index contributed by atoms with van der Waals surface area (Å²) in [6, 6.07) is 13.8. The molecule has 2 aromatic rings. The third kappa shape index (κ3) is 6.84. The van der Waals surface area contributed by atoms with Crippen molar-refractivity contribution in [3.63, 3.8) is 0 Å². The summed E-state index contributed by atoms with van der Waals surface area (Å²) < 4.78 is 10.9. The molecule has 1 unspecified atom stereocenters. The second kappa shape index (κ2) is 11.3. The number of hydrogen-bond acceptors (Lipinski definition) is 4. The molecule has 2 aromatic carbocycles. The first kappa shape index (κ1) is 21.7. The maximum atomic E-state index is 12.2.